The Labute approximate surface area is 180 Å². The minimum atomic E-state index is -1.25. The quantitative estimate of drug-likeness (QED) is 0.530. The first kappa shape index (κ1) is 21.6. The summed E-state index contributed by atoms with van der Waals surface area (Å²) >= 11 is 0. The molecule has 0 spiro atoms. The number of hydrogen-bond acceptors (Lipinski definition) is 4. The van der Waals surface area contributed by atoms with Gasteiger partial charge in [0, 0.05) is 5.56 Å². The van der Waals surface area contributed by atoms with Gasteiger partial charge in [0.1, 0.15) is 12.3 Å². The van der Waals surface area contributed by atoms with E-state index in [0.717, 1.165) is 11.1 Å². The number of nitrogens with one attached hydrogen (secondary N) is 1. The second-order valence-corrected chi connectivity index (χ2v) is 6.81. The highest BCUT2D eigenvalue weighted by atomic mass is 16.5. The predicted molar refractivity (Wildman–Crippen MR) is 118 cm³/mol. The molecule has 0 bridgehead atoms. The predicted octanol–water partition coefficient (Wildman–Crippen LogP) is 4.44. The van der Waals surface area contributed by atoms with Gasteiger partial charge in [0.2, 0.25) is 0 Å². The van der Waals surface area contributed by atoms with E-state index in [2.05, 4.69) is 5.32 Å². The van der Waals surface area contributed by atoms with Gasteiger partial charge in [0.25, 0.3) is 5.91 Å². The molecule has 0 aromatic heterocycles. The van der Waals surface area contributed by atoms with Gasteiger partial charge in [-0.3, -0.25) is 4.79 Å². The summed E-state index contributed by atoms with van der Waals surface area (Å²) in [5.74, 6) is -0.753. The summed E-state index contributed by atoms with van der Waals surface area (Å²) in [4.78, 5) is 24.0. The molecule has 0 fully saturated rings. The lowest BCUT2D eigenvalue weighted by Gasteiger charge is -2.13. The van der Waals surface area contributed by atoms with Gasteiger partial charge in [0.15, 0.2) is 11.5 Å². The van der Waals surface area contributed by atoms with E-state index in [1.54, 1.807) is 48.5 Å². The number of methoxy groups -OCH3 is 1. The van der Waals surface area contributed by atoms with E-state index in [1.807, 2.05) is 31.2 Å². The van der Waals surface area contributed by atoms with Crippen LogP contribution < -0.4 is 14.8 Å². The van der Waals surface area contributed by atoms with Crippen LogP contribution in [-0.4, -0.2) is 24.1 Å². The lowest BCUT2D eigenvalue weighted by Crippen LogP contribution is -2.27. The van der Waals surface area contributed by atoms with Crippen LogP contribution in [0.15, 0.2) is 78.5 Å². The molecule has 31 heavy (non-hydrogen) atoms. The molecule has 3 rings (SSSR count). The number of carboxylic acid groups (broad SMARTS) is 1. The van der Waals surface area contributed by atoms with Gasteiger partial charge in [0.05, 0.1) is 7.11 Å². The molecule has 0 heterocycles. The highest BCUT2D eigenvalue weighted by molar-refractivity contribution is 6.02. The van der Waals surface area contributed by atoms with Gasteiger partial charge in [-0.2, -0.15) is 0 Å². The second-order valence-electron chi connectivity index (χ2n) is 6.81. The third kappa shape index (κ3) is 5.73. The van der Waals surface area contributed by atoms with Crippen LogP contribution in [0.2, 0.25) is 0 Å². The maximum Gasteiger partial charge on any atom is 0.352 e. The van der Waals surface area contributed by atoms with Crippen molar-refractivity contribution in [1.82, 2.24) is 5.32 Å². The van der Waals surface area contributed by atoms with Crippen molar-refractivity contribution in [2.24, 2.45) is 0 Å². The molecule has 6 nitrogen and oxygen atoms in total. The number of amides is 1. The molecular formula is C25H23NO5. The van der Waals surface area contributed by atoms with Crippen LogP contribution in [0.5, 0.6) is 11.5 Å². The molecule has 2 N–H and O–H groups in total. The topological polar surface area (TPSA) is 84.9 Å². The van der Waals surface area contributed by atoms with Crippen molar-refractivity contribution in [3.63, 3.8) is 0 Å². The first-order valence-electron chi connectivity index (χ1n) is 9.64. The van der Waals surface area contributed by atoms with Gasteiger partial charge in [-0.25, -0.2) is 4.79 Å². The van der Waals surface area contributed by atoms with E-state index < -0.39 is 11.9 Å². The van der Waals surface area contributed by atoms with Gasteiger partial charge >= 0.3 is 5.97 Å². The highest BCUT2D eigenvalue weighted by Gasteiger charge is 2.14. The Morgan fingerprint density at radius 2 is 1.68 bits per heavy atom. The van der Waals surface area contributed by atoms with E-state index in [4.69, 9.17) is 9.47 Å². The van der Waals surface area contributed by atoms with E-state index in [1.165, 1.54) is 13.2 Å². The fraction of sp³-hybridized carbons (Fsp3) is 0.120. The number of benzene rings is 3. The van der Waals surface area contributed by atoms with E-state index in [0.29, 0.717) is 29.2 Å². The molecule has 0 saturated heterocycles. The molecule has 0 aliphatic rings. The summed E-state index contributed by atoms with van der Waals surface area (Å²) in [6.07, 6.45) is 1.37. The lowest BCUT2D eigenvalue weighted by molar-refractivity contribution is -0.132. The molecule has 1 amide bonds. The number of rotatable bonds is 8. The molecule has 0 aliphatic heterocycles. The summed E-state index contributed by atoms with van der Waals surface area (Å²) in [7, 11) is 1.51. The first-order chi connectivity index (χ1) is 15.0. The number of aliphatic carboxylic acids is 1. The minimum Gasteiger partial charge on any atom is -0.493 e. The number of hydrogen-bond donors (Lipinski definition) is 2. The number of ether oxygens (including phenoxy) is 2. The number of carbonyl (C=O) groups excluding carboxylic acids is 1. The van der Waals surface area contributed by atoms with Crippen LogP contribution in [0.3, 0.4) is 0 Å². The standard InChI is InChI=1S/C25H23NO5/c1-17-8-6-7-11-20(17)16-31-22-13-12-18(15-23(22)30-2)14-21(25(28)29)26-24(27)19-9-4-3-5-10-19/h3-15H,16H2,1-2H3,(H,26,27)(H,28,29)/b21-14+. The maximum atomic E-state index is 12.3. The Hall–Kier alpha value is -4.06. The van der Waals surface area contributed by atoms with Gasteiger partial charge in [-0.1, -0.05) is 48.5 Å². The average molecular weight is 417 g/mol. The van der Waals surface area contributed by atoms with Crippen LogP contribution in [0.4, 0.5) is 0 Å². The summed E-state index contributed by atoms with van der Waals surface area (Å²) in [5.41, 5.74) is 2.86. The largest absolute Gasteiger partial charge is 0.493 e. The summed E-state index contributed by atoms with van der Waals surface area (Å²) in [6, 6.07) is 21.4. The third-order valence-electron chi connectivity index (χ3n) is 4.66. The van der Waals surface area contributed by atoms with Crippen molar-refractivity contribution < 1.29 is 24.2 Å². The van der Waals surface area contributed by atoms with Crippen molar-refractivity contribution in [2.75, 3.05) is 7.11 Å². The van der Waals surface area contributed by atoms with Crippen molar-refractivity contribution >= 4 is 18.0 Å². The summed E-state index contributed by atoms with van der Waals surface area (Å²) < 4.78 is 11.3. The Kier molecular flexibility index (Phi) is 7.06. The van der Waals surface area contributed by atoms with Crippen LogP contribution in [0.1, 0.15) is 27.0 Å². The molecule has 158 valence electrons. The molecule has 0 atom stereocenters. The average Bonchev–Trinajstić information content (AvgIpc) is 2.79. The lowest BCUT2D eigenvalue weighted by atomic mass is 10.1. The molecule has 6 heteroatoms. The third-order valence-corrected chi connectivity index (χ3v) is 4.66. The first-order valence-corrected chi connectivity index (χ1v) is 9.64. The second kappa shape index (κ2) is 10.1. The molecule has 3 aromatic rings. The Morgan fingerprint density at radius 3 is 2.35 bits per heavy atom. The smallest absolute Gasteiger partial charge is 0.352 e. The molecule has 0 radical (unpaired) electrons. The molecule has 0 saturated carbocycles. The van der Waals surface area contributed by atoms with Crippen LogP contribution in [0.25, 0.3) is 6.08 Å². The van der Waals surface area contributed by atoms with Crippen LogP contribution in [-0.2, 0) is 11.4 Å². The monoisotopic (exact) mass is 417 g/mol. The van der Waals surface area contributed by atoms with Gasteiger partial charge in [-0.05, 0) is 54.0 Å². The number of carbonyl (C=O) groups is 2. The zero-order valence-electron chi connectivity index (χ0n) is 17.3. The van der Waals surface area contributed by atoms with E-state index >= 15 is 0 Å². The molecule has 3 aromatic carbocycles. The Morgan fingerprint density at radius 1 is 0.968 bits per heavy atom. The highest BCUT2D eigenvalue weighted by Crippen LogP contribution is 2.30. The normalized spacial score (nSPS) is 11.0. The Balaban J connectivity index is 1.79. The summed E-state index contributed by atoms with van der Waals surface area (Å²) in [5, 5.41) is 11.9. The van der Waals surface area contributed by atoms with Crippen LogP contribution >= 0.6 is 0 Å². The van der Waals surface area contributed by atoms with Gasteiger partial charge < -0.3 is 19.9 Å². The van der Waals surface area contributed by atoms with E-state index in [9.17, 15) is 14.7 Å². The molecule has 0 aliphatic carbocycles. The zero-order chi connectivity index (χ0) is 22.2. The number of carboxylic acids is 1. The fourth-order valence-electron chi connectivity index (χ4n) is 2.92. The van der Waals surface area contributed by atoms with Crippen molar-refractivity contribution in [3.05, 3.63) is 101 Å². The van der Waals surface area contributed by atoms with Gasteiger partial charge in [-0.15, -0.1) is 0 Å². The van der Waals surface area contributed by atoms with Crippen LogP contribution in [0, 0.1) is 6.92 Å². The molecule has 0 unspecified atom stereocenters. The van der Waals surface area contributed by atoms with Crippen molar-refractivity contribution in [2.45, 2.75) is 13.5 Å². The SMILES string of the molecule is COc1cc(/C=C(/NC(=O)c2ccccc2)C(=O)O)ccc1OCc1ccccc1C. The zero-order valence-corrected chi connectivity index (χ0v) is 17.3. The number of aryl methyl sites for hydroxylation is 1. The Bertz CT molecular complexity index is 1110. The van der Waals surface area contributed by atoms with E-state index in [-0.39, 0.29) is 5.70 Å². The minimum absolute atomic E-state index is 0.246. The fourth-order valence-corrected chi connectivity index (χ4v) is 2.92. The summed E-state index contributed by atoms with van der Waals surface area (Å²) in [6.45, 7) is 2.40. The van der Waals surface area contributed by atoms with Crippen molar-refractivity contribution in [1.29, 1.82) is 0 Å². The maximum absolute atomic E-state index is 12.3. The van der Waals surface area contributed by atoms with Crippen molar-refractivity contribution in [3.8, 4) is 11.5 Å². The molecular weight excluding hydrogens is 394 g/mol.